The molecule has 3 rings (SSSR count). The van der Waals surface area contributed by atoms with Crippen molar-refractivity contribution in [1.29, 1.82) is 0 Å². The zero-order valence-corrected chi connectivity index (χ0v) is 15.5. The molecule has 0 bridgehead atoms. The molecule has 2 aliphatic rings. The topological polar surface area (TPSA) is 70.7 Å². The molecule has 0 aromatic heterocycles. The summed E-state index contributed by atoms with van der Waals surface area (Å²) in [6.07, 6.45) is 4.37. The van der Waals surface area contributed by atoms with Crippen LogP contribution in [0.1, 0.15) is 31.2 Å². The fourth-order valence-corrected chi connectivity index (χ4v) is 3.86. The number of nitrogens with zero attached hydrogens (tertiary/aromatic N) is 1. The van der Waals surface area contributed by atoms with Gasteiger partial charge in [0.25, 0.3) is 0 Å². The minimum Gasteiger partial charge on any atom is -0.496 e. The summed E-state index contributed by atoms with van der Waals surface area (Å²) < 4.78 is 5.34. The normalized spacial score (nSPS) is 22.9. The van der Waals surface area contributed by atoms with E-state index in [-0.39, 0.29) is 17.9 Å². The number of nitrogens with one attached hydrogen (secondary N) is 2. The molecule has 2 heterocycles. The van der Waals surface area contributed by atoms with Crippen LogP contribution in [-0.2, 0) is 16.0 Å². The Morgan fingerprint density at radius 3 is 2.88 bits per heavy atom. The van der Waals surface area contributed by atoms with Crippen molar-refractivity contribution in [3.8, 4) is 5.75 Å². The third-order valence-corrected chi connectivity index (χ3v) is 5.35. The summed E-state index contributed by atoms with van der Waals surface area (Å²) in [5.41, 5.74) is 0.919. The minimum absolute atomic E-state index is 0.0399. The van der Waals surface area contributed by atoms with E-state index < -0.39 is 0 Å². The van der Waals surface area contributed by atoms with Gasteiger partial charge in [-0.05, 0) is 44.2 Å². The Labute approximate surface area is 155 Å². The van der Waals surface area contributed by atoms with Gasteiger partial charge in [-0.25, -0.2) is 0 Å². The van der Waals surface area contributed by atoms with E-state index in [1.165, 1.54) is 0 Å². The maximum absolute atomic E-state index is 12.7. The molecule has 0 aliphatic carbocycles. The molecule has 2 amide bonds. The van der Waals surface area contributed by atoms with E-state index in [9.17, 15) is 9.59 Å². The first kappa shape index (κ1) is 18.7. The van der Waals surface area contributed by atoms with Crippen molar-refractivity contribution in [1.82, 2.24) is 15.5 Å². The lowest BCUT2D eigenvalue weighted by Gasteiger charge is -2.33. The molecule has 2 saturated heterocycles. The molecule has 2 fully saturated rings. The van der Waals surface area contributed by atoms with Crippen LogP contribution < -0.4 is 15.4 Å². The third kappa shape index (κ3) is 4.75. The van der Waals surface area contributed by atoms with Gasteiger partial charge in [0.1, 0.15) is 5.75 Å². The van der Waals surface area contributed by atoms with Gasteiger partial charge in [-0.2, -0.15) is 0 Å². The Balaban J connectivity index is 1.49. The highest BCUT2D eigenvalue weighted by Gasteiger charge is 2.26. The minimum atomic E-state index is -0.0399. The molecule has 142 valence electrons. The van der Waals surface area contributed by atoms with Crippen LogP contribution in [-0.4, -0.2) is 56.0 Å². The van der Waals surface area contributed by atoms with E-state index >= 15 is 0 Å². The summed E-state index contributed by atoms with van der Waals surface area (Å²) >= 11 is 0. The van der Waals surface area contributed by atoms with Crippen molar-refractivity contribution in [2.75, 3.05) is 33.3 Å². The molecule has 0 saturated carbocycles. The number of methoxy groups -OCH3 is 1. The number of carbonyl (C=O) groups is 2. The maximum Gasteiger partial charge on any atom is 0.237 e. The van der Waals surface area contributed by atoms with Gasteiger partial charge in [-0.1, -0.05) is 18.2 Å². The lowest BCUT2D eigenvalue weighted by atomic mass is 9.97. The number of hydrogen-bond donors (Lipinski definition) is 2. The summed E-state index contributed by atoms with van der Waals surface area (Å²) in [5.74, 6) is 1.31. The van der Waals surface area contributed by atoms with Gasteiger partial charge in [-0.3, -0.25) is 9.59 Å². The Kier molecular flexibility index (Phi) is 6.50. The van der Waals surface area contributed by atoms with Crippen molar-refractivity contribution < 1.29 is 14.3 Å². The number of benzene rings is 1. The first-order valence-corrected chi connectivity index (χ1v) is 9.58. The Hall–Kier alpha value is -2.08. The molecule has 2 unspecified atom stereocenters. The summed E-state index contributed by atoms with van der Waals surface area (Å²) in [4.78, 5) is 26.8. The molecule has 0 spiro atoms. The number of ether oxygens (including phenoxy) is 1. The van der Waals surface area contributed by atoms with Gasteiger partial charge in [-0.15, -0.1) is 0 Å². The molecule has 6 heteroatoms. The highest BCUT2D eigenvalue weighted by Crippen LogP contribution is 2.21. The number of hydrogen-bond acceptors (Lipinski definition) is 4. The van der Waals surface area contributed by atoms with Gasteiger partial charge >= 0.3 is 0 Å². The van der Waals surface area contributed by atoms with Crippen LogP contribution >= 0.6 is 0 Å². The van der Waals surface area contributed by atoms with Crippen molar-refractivity contribution >= 4 is 11.8 Å². The molecular formula is C20H29N3O3. The van der Waals surface area contributed by atoms with Crippen LogP contribution in [0.2, 0.25) is 0 Å². The number of piperidine rings is 1. The second-order valence-corrected chi connectivity index (χ2v) is 7.23. The van der Waals surface area contributed by atoms with Gasteiger partial charge in [0.2, 0.25) is 11.8 Å². The molecule has 6 nitrogen and oxygen atoms in total. The van der Waals surface area contributed by atoms with Crippen LogP contribution in [0.25, 0.3) is 0 Å². The molecule has 2 aliphatic heterocycles. The molecule has 0 radical (unpaired) electrons. The Bertz CT molecular complexity index is 628. The van der Waals surface area contributed by atoms with Crippen LogP contribution in [0.3, 0.4) is 0 Å². The fraction of sp³-hybridized carbons (Fsp3) is 0.600. The Morgan fingerprint density at radius 2 is 2.12 bits per heavy atom. The van der Waals surface area contributed by atoms with Crippen molar-refractivity contribution in [3.63, 3.8) is 0 Å². The average Bonchev–Trinajstić information content (AvgIpc) is 3.21. The van der Waals surface area contributed by atoms with Crippen LogP contribution in [0.4, 0.5) is 0 Å². The molecule has 26 heavy (non-hydrogen) atoms. The Morgan fingerprint density at radius 1 is 1.27 bits per heavy atom. The second-order valence-electron chi connectivity index (χ2n) is 7.23. The van der Waals surface area contributed by atoms with Crippen molar-refractivity contribution in [2.45, 2.75) is 38.1 Å². The summed E-state index contributed by atoms with van der Waals surface area (Å²) in [6, 6.07) is 7.62. The first-order chi connectivity index (χ1) is 12.7. The van der Waals surface area contributed by atoms with Gasteiger partial charge in [0.15, 0.2) is 0 Å². The molecule has 2 N–H and O–H groups in total. The second kappa shape index (κ2) is 9.03. The molecule has 1 aromatic carbocycles. The zero-order valence-electron chi connectivity index (χ0n) is 15.5. The standard InChI is InChI=1S/C20H29N3O3/c1-26-18-9-3-2-7-16(18)12-19(24)23-11-5-6-15(14-23)13-22-20(25)17-8-4-10-21-17/h2-3,7,9,15,17,21H,4-6,8,10-14H2,1H3,(H,22,25). The van der Waals surface area contributed by atoms with Gasteiger partial charge in [0, 0.05) is 25.2 Å². The van der Waals surface area contributed by atoms with Gasteiger partial charge < -0.3 is 20.3 Å². The van der Waals surface area contributed by atoms with Gasteiger partial charge in [0.05, 0.1) is 19.6 Å². The van der Waals surface area contributed by atoms with E-state index in [0.29, 0.717) is 25.4 Å². The van der Waals surface area contributed by atoms with E-state index in [0.717, 1.165) is 50.1 Å². The number of likely N-dealkylation sites (tertiary alicyclic amines) is 1. The smallest absolute Gasteiger partial charge is 0.237 e. The van der Waals surface area contributed by atoms with E-state index in [1.54, 1.807) is 7.11 Å². The van der Waals surface area contributed by atoms with Crippen LogP contribution in [0, 0.1) is 5.92 Å². The zero-order chi connectivity index (χ0) is 18.4. The first-order valence-electron chi connectivity index (χ1n) is 9.58. The quantitative estimate of drug-likeness (QED) is 0.804. The molecule has 1 aromatic rings. The molecule has 2 atom stereocenters. The lowest BCUT2D eigenvalue weighted by Crippen LogP contribution is -2.47. The highest BCUT2D eigenvalue weighted by atomic mass is 16.5. The van der Waals surface area contributed by atoms with E-state index in [2.05, 4.69) is 10.6 Å². The number of amides is 2. The number of rotatable bonds is 6. The largest absolute Gasteiger partial charge is 0.496 e. The van der Waals surface area contributed by atoms with E-state index in [1.807, 2.05) is 29.2 Å². The van der Waals surface area contributed by atoms with Crippen molar-refractivity contribution in [3.05, 3.63) is 29.8 Å². The summed E-state index contributed by atoms with van der Waals surface area (Å²) in [7, 11) is 1.63. The predicted molar refractivity (Wildman–Crippen MR) is 100 cm³/mol. The van der Waals surface area contributed by atoms with Crippen LogP contribution in [0.15, 0.2) is 24.3 Å². The fourth-order valence-electron chi connectivity index (χ4n) is 3.86. The summed E-state index contributed by atoms with van der Waals surface area (Å²) in [5, 5.41) is 6.28. The van der Waals surface area contributed by atoms with E-state index in [4.69, 9.17) is 4.74 Å². The SMILES string of the molecule is COc1ccccc1CC(=O)N1CCCC(CNC(=O)C2CCCN2)C1. The monoisotopic (exact) mass is 359 g/mol. The summed E-state index contributed by atoms with van der Waals surface area (Å²) in [6.45, 7) is 3.08. The lowest BCUT2D eigenvalue weighted by molar-refractivity contribution is -0.132. The average molecular weight is 359 g/mol. The third-order valence-electron chi connectivity index (χ3n) is 5.35. The number of carbonyl (C=O) groups excluding carboxylic acids is 2. The predicted octanol–water partition coefficient (Wildman–Crippen LogP) is 1.34. The maximum atomic E-state index is 12.7. The molecular weight excluding hydrogens is 330 g/mol. The van der Waals surface area contributed by atoms with Crippen LogP contribution in [0.5, 0.6) is 5.75 Å². The van der Waals surface area contributed by atoms with Crippen molar-refractivity contribution in [2.24, 2.45) is 5.92 Å². The number of para-hydroxylation sites is 1. The highest BCUT2D eigenvalue weighted by molar-refractivity contribution is 5.82.